The van der Waals surface area contributed by atoms with Crippen LogP contribution in [0.5, 0.6) is 0 Å². The molecule has 0 aliphatic rings. The van der Waals surface area contributed by atoms with Crippen LogP contribution in [0, 0.1) is 0 Å². The Morgan fingerprint density at radius 2 is 1.81 bits per heavy atom. The van der Waals surface area contributed by atoms with E-state index in [1.165, 1.54) is 0 Å². The minimum atomic E-state index is -3.56. The first kappa shape index (κ1) is 20.0. The molecule has 0 atom stereocenters. The number of unbranched alkanes of at least 4 members (excludes halogenated alkanes) is 1. The van der Waals surface area contributed by atoms with E-state index < -0.39 is 15.9 Å². The van der Waals surface area contributed by atoms with Gasteiger partial charge in [0.2, 0.25) is 15.9 Å². The maximum Gasteiger partial charge on any atom is 0.235 e. The largest absolute Gasteiger partial charge is 0.379 e. The van der Waals surface area contributed by atoms with E-state index in [-0.39, 0.29) is 18.8 Å². The van der Waals surface area contributed by atoms with E-state index in [9.17, 15) is 13.2 Å². The first-order valence-corrected chi connectivity index (χ1v) is 8.48. The minimum Gasteiger partial charge on any atom is -0.379 e. The molecular formula is C12H25N3O5S. The Balaban J connectivity index is 3.59. The van der Waals surface area contributed by atoms with Crippen LogP contribution in [0.2, 0.25) is 0 Å². The van der Waals surface area contributed by atoms with Gasteiger partial charge in [0.15, 0.2) is 0 Å². The average molecular weight is 323 g/mol. The zero-order chi connectivity index (χ0) is 16.0. The van der Waals surface area contributed by atoms with Crippen molar-refractivity contribution in [3.05, 3.63) is 0 Å². The Bertz CT molecular complexity index is 386. The number of carbonyl (C=O) groups excluding carboxylic acids is 1. The zero-order valence-corrected chi connectivity index (χ0v) is 13.1. The second-order valence-corrected chi connectivity index (χ2v) is 6.10. The predicted molar refractivity (Wildman–Crippen MR) is 80.9 cm³/mol. The van der Waals surface area contributed by atoms with Gasteiger partial charge < -0.3 is 15.2 Å². The van der Waals surface area contributed by atoms with Gasteiger partial charge in [0.25, 0.3) is 0 Å². The Labute approximate surface area is 126 Å². The lowest BCUT2D eigenvalue weighted by molar-refractivity contribution is -0.120. The molecule has 0 bridgehead atoms. The molecule has 3 N–H and O–H groups in total. The summed E-state index contributed by atoms with van der Waals surface area (Å²) in [5, 5.41) is 0. The molecule has 0 aliphatic heterocycles. The number of hydrogen-bond acceptors (Lipinski definition) is 7. The van der Waals surface area contributed by atoms with Gasteiger partial charge in [0.05, 0.1) is 45.1 Å². The average Bonchev–Trinajstić information content (AvgIpc) is 2.41. The zero-order valence-electron chi connectivity index (χ0n) is 12.3. The van der Waals surface area contributed by atoms with Crippen LogP contribution < -0.4 is 10.5 Å². The fourth-order valence-electron chi connectivity index (χ4n) is 1.33. The van der Waals surface area contributed by atoms with Crippen molar-refractivity contribution in [3.8, 4) is 0 Å². The summed E-state index contributed by atoms with van der Waals surface area (Å²) in [6.07, 6.45) is 1.04. The second kappa shape index (κ2) is 12.7. The number of rotatable bonds is 14. The smallest absolute Gasteiger partial charge is 0.235 e. The summed E-state index contributed by atoms with van der Waals surface area (Å²) in [7, 11) is -3.56. The molecule has 0 saturated heterocycles. The highest BCUT2D eigenvalue weighted by Crippen LogP contribution is 1.94. The Hall–Kier alpha value is -1.03. The monoisotopic (exact) mass is 323 g/mol. The Morgan fingerprint density at radius 1 is 1.14 bits per heavy atom. The molecule has 0 aliphatic carbocycles. The number of aliphatic imine (C=N–C) groups is 1. The fraction of sp³-hybridized carbons (Fsp3) is 0.833. The summed E-state index contributed by atoms with van der Waals surface area (Å²) in [6.45, 7) is 5.65. The highest BCUT2D eigenvalue weighted by Gasteiger charge is 2.13. The van der Waals surface area contributed by atoms with Gasteiger partial charge in [-0.25, -0.2) is 8.42 Å². The Kier molecular flexibility index (Phi) is 12.1. The standard InChI is InChI=1S/C12H25N3O5S/c1-14-6-8-20-10-9-19-7-4-12(16)15-21(17,18)11-3-2-5-13/h1-11,13H2,(H,15,16). The first-order valence-electron chi connectivity index (χ1n) is 6.83. The van der Waals surface area contributed by atoms with Gasteiger partial charge in [-0.3, -0.25) is 14.5 Å². The van der Waals surface area contributed by atoms with E-state index >= 15 is 0 Å². The molecule has 124 valence electrons. The van der Waals surface area contributed by atoms with Crippen molar-refractivity contribution < 1.29 is 22.7 Å². The lowest BCUT2D eigenvalue weighted by Gasteiger charge is -2.07. The van der Waals surface area contributed by atoms with E-state index in [4.69, 9.17) is 15.2 Å². The number of hydrogen-bond donors (Lipinski definition) is 2. The highest BCUT2D eigenvalue weighted by atomic mass is 32.2. The number of sulfonamides is 1. The van der Waals surface area contributed by atoms with Crippen LogP contribution in [0.1, 0.15) is 19.3 Å². The van der Waals surface area contributed by atoms with Gasteiger partial charge in [-0.1, -0.05) is 0 Å². The third-order valence-corrected chi connectivity index (χ3v) is 3.74. The minimum absolute atomic E-state index is 0.00959. The lowest BCUT2D eigenvalue weighted by Crippen LogP contribution is -2.33. The number of nitrogens with zero attached hydrogens (tertiary/aromatic N) is 1. The number of carbonyl (C=O) groups is 1. The van der Waals surface area contributed by atoms with Crippen LogP contribution in [-0.4, -0.2) is 66.3 Å². The fourth-order valence-corrected chi connectivity index (χ4v) is 2.46. The summed E-state index contributed by atoms with van der Waals surface area (Å²) in [4.78, 5) is 15.0. The summed E-state index contributed by atoms with van der Waals surface area (Å²) in [5.74, 6) is -0.665. The molecule has 0 saturated carbocycles. The van der Waals surface area contributed by atoms with Gasteiger partial charge in [-0.2, -0.15) is 0 Å². The topological polar surface area (TPSA) is 120 Å². The predicted octanol–water partition coefficient (Wildman–Crippen LogP) is -0.705. The van der Waals surface area contributed by atoms with Gasteiger partial charge in [-0.15, -0.1) is 0 Å². The van der Waals surface area contributed by atoms with E-state index in [0.717, 1.165) is 0 Å². The molecule has 0 spiro atoms. The summed E-state index contributed by atoms with van der Waals surface area (Å²) in [5.41, 5.74) is 5.27. The highest BCUT2D eigenvalue weighted by molar-refractivity contribution is 7.90. The van der Waals surface area contributed by atoms with Crippen LogP contribution in [0.3, 0.4) is 0 Å². The molecule has 0 rings (SSSR count). The van der Waals surface area contributed by atoms with Crippen LogP contribution in [0.15, 0.2) is 4.99 Å². The van der Waals surface area contributed by atoms with E-state index in [0.29, 0.717) is 45.8 Å². The molecular weight excluding hydrogens is 298 g/mol. The van der Waals surface area contributed by atoms with E-state index in [2.05, 4.69) is 11.7 Å². The van der Waals surface area contributed by atoms with Crippen molar-refractivity contribution in [2.45, 2.75) is 19.3 Å². The molecule has 0 unspecified atom stereocenters. The number of nitrogens with one attached hydrogen (secondary N) is 1. The molecule has 0 aromatic heterocycles. The number of amides is 1. The maximum absolute atomic E-state index is 11.5. The van der Waals surface area contributed by atoms with Crippen molar-refractivity contribution in [1.82, 2.24) is 4.72 Å². The molecule has 9 heteroatoms. The second-order valence-electron chi connectivity index (χ2n) is 4.26. The van der Waals surface area contributed by atoms with Gasteiger partial charge >= 0.3 is 0 Å². The summed E-state index contributed by atoms with van der Waals surface area (Å²) in [6, 6.07) is 0. The van der Waals surface area contributed by atoms with Gasteiger partial charge in [0, 0.05) is 0 Å². The van der Waals surface area contributed by atoms with Crippen molar-refractivity contribution in [3.63, 3.8) is 0 Å². The normalized spacial score (nSPS) is 11.3. The third kappa shape index (κ3) is 13.7. The third-order valence-electron chi connectivity index (χ3n) is 2.38. The van der Waals surface area contributed by atoms with Gasteiger partial charge in [0.1, 0.15) is 0 Å². The van der Waals surface area contributed by atoms with Crippen LogP contribution in [-0.2, 0) is 24.3 Å². The van der Waals surface area contributed by atoms with Crippen LogP contribution in [0.25, 0.3) is 0 Å². The van der Waals surface area contributed by atoms with E-state index in [1.54, 1.807) is 0 Å². The van der Waals surface area contributed by atoms with Crippen LogP contribution >= 0.6 is 0 Å². The summed E-state index contributed by atoms with van der Waals surface area (Å²) >= 11 is 0. The molecule has 8 nitrogen and oxygen atoms in total. The van der Waals surface area contributed by atoms with Crippen molar-refractivity contribution in [2.24, 2.45) is 10.7 Å². The van der Waals surface area contributed by atoms with Crippen molar-refractivity contribution in [2.75, 3.05) is 45.3 Å². The van der Waals surface area contributed by atoms with Crippen molar-refractivity contribution >= 4 is 22.6 Å². The number of ether oxygens (including phenoxy) is 2. The van der Waals surface area contributed by atoms with E-state index in [1.807, 2.05) is 4.72 Å². The molecule has 0 fully saturated rings. The molecule has 1 amide bonds. The first-order chi connectivity index (χ1) is 10.0. The SMILES string of the molecule is C=NCCOCCOCCC(=O)NS(=O)(=O)CCCCN. The lowest BCUT2D eigenvalue weighted by atomic mass is 10.3. The molecule has 0 aromatic rings. The van der Waals surface area contributed by atoms with Crippen molar-refractivity contribution in [1.29, 1.82) is 0 Å². The number of nitrogens with two attached hydrogens (primary N) is 1. The molecule has 0 aromatic carbocycles. The summed E-state index contributed by atoms with van der Waals surface area (Å²) < 4.78 is 35.3. The Morgan fingerprint density at radius 3 is 2.43 bits per heavy atom. The molecule has 21 heavy (non-hydrogen) atoms. The molecule has 0 radical (unpaired) electrons. The van der Waals surface area contributed by atoms with Gasteiger partial charge in [-0.05, 0) is 26.1 Å². The quantitative estimate of drug-likeness (QED) is 0.322. The van der Waals surface area contributed by atoms with Crippen LogP contribution in [0.4, 0.5) is 0 Å². The maximum atomic E-state index is 11.5. The molecule has 0 heterocycles.